The molecule has 0 aromatic heterocycles. The first-order chi connectivity index (χ1) is 9.31. The van der Waals surface area contributed by atoms with Crippen molar-refractivity contribution in [2.45, 2.75) is 57.6 Å². The van der Waals surface area contributed by atoms with Crippen molar-refractivity contribution in [3.05, 3.63) is 12.7 Å². The second kappa shape index (κ2) is 10.4. The minimum Gasteiger partial charge on any atom is -0.374 e. The predicted octanol–water partition coefficient (Wildman–Crippen LogP) is 2.07. The van der Waals surface area contributed by atoms with E-state index >= 15 is 0 Å². The van der Waals surface area contributed by atoms with E-state index in [0.29, 0.717) is 0 Å². The number of nitrogens with one attached hydrogen (secondary N) is 1. The third-order valence-electron chi connectivity index (χ3n) is 3.80. The van der Waals surface area contributed by atoms with Crippen LogP contribution in [-0.2, 0) is 4.74 Å². The summed E-state index contributed by atoms with van der Waals surface area (Å²) in [4.78, 5) is 2.48. The first-order valence-corrected chi connectivity index (χ1v) is 7.72. The first-order valence-electron chi connectivity index (χ1n) is 7.72. The van der Waals surface area contributed by atoms with Crippen molar-refractivity contribution >= 4 is 0 Å². The number of morpholine rings is 1. The topological polar surface area (TPSA) is 50.5 Å². The van der Waals surface area contributed by atoms with Crippen molar-refractivity contribution in [2.75, 3.05) is 26.2 Å². The van der Waals surface area contributed by atoms with Crippen LogP contribution in [0.3, 0.4) is 0 Å². The van der Waals surface area contributed by atoms with Gasteiger partial charge in [0.05, 0.1) is 12.7 Å². The Hall–Kier alpha value is -0.420. The molecule has 0 amide bonds. The van der Waals surface area contributed by atoms with E-state index in [2.05, 4.69) is 23.8 Å². The van der Waals surface area contributed by atoms with E-state index in [0.717, 1.165) is 39.1 Å². The summed E-state index contributed by atoms with van der Waals surface area (Å²) in [5, 5.41) is 0. The zero-order chi connectivity index (χ0) is 13.9. The number of hydrogen-bond donors (Lipinski definition) is 2. The van der Waals surface area contributed by atoms with Crippen molar-refractivity contribution in [3.8, 4) is 0 Å². The molecule has 0 aliphatic carbocycles. The quantitative estimate of drug-likeness (QED) is 0.276. The lowest BCUT2D eigenvalue weighted by Crippen LogP contribution is -2.54. The number of hydrazine groups is 1. The van der Waals surface area contributed by atoms with E-state index in [-0.39, 0.29) is 12.1 Å². The highest BCUT2D eigenvalue weighted by atomic mass is 16.5. The van der Waals surface area contributed by atoms with Gasteiger partial charge < -0.3 is 4.74 Å². The molecule has 3 N–H and O–H groups in total. The van der Waals surface area contributed by atoms with E-state index < -0.39 is 0 Å². The predicted molar refractivity (Wildman–Crippen MR) is 80.9 cm³/mol. The lowest BCUT2D eigenvalue weighted by Gasteiger charge is -2.36. The molecule has 0 aromatic rings. The third kappa shape index (κ3) is 6.52. The van der Waals surface area contributed by atoms with E-state index in [4.69, 9.17) is 10.6 Å². The van der Waals surface area contributed by atoms with Crippen LogP contribution >= 0.6 is 0 Å². The van der Waals surface area contributed by atoms with Gasteiger partial charge in [-0.05, 0) is 32.2 Å². The Labute approximate surface area is 118 Å². The van der Waals surface area contributed by atoms with Crippen molar-refractivity contribution in [1.29, 1.82) is 0 Å². The van der Waals surface area contributed by atoms with Gasteiger partial charge in [-0.1, -0.05) is 25.8 Å². The molecular weight excluding hydrogens is 238 g/mol. The Kier molecular flexibility index (Phi) is 9.08. The molecule has 0 radical (unpaired) electrons. The molecule has 0 aromatic carbocycles. The van der Waals surface area contributed by atoms with E-state index in [1.807, 2.05) is 6.08 Å². The Morgan fingerprint density at radius 3 is 3.00 bits per heavy atom. The van der Waals surface area contributed by atoms with Crippen LogP contribution in [0.1, 0.15) is 45.4 Å². The lowest BCUT2D eigenvalue weighted by molar-refractivity contribution is -0.0479. The van der Waals surface area contributed by atoms with Gasteiger partial charge in [0.2, 0.25) is 0 Å². The van der Waals surface area contributed by atoms with Gasteiger partial charge in [0.25, 0.3) is 0 Å². The molecule has 112 valence electrons. The Bertz CT molecular complexity index is 233. The summed E-state index contributed by atoms with van der Waals surface area (Å²) in [5.41, 5.74) is 2.95. The zero-order valence-corrected chi connectivity index (χ0v) is 12.4. The maximum Gasteiger partial charge on any atom is 0.0868 e. The van der Waals surface area contributed by atoms with Gasteiger partial charge in [-0.2, -0.15) is 0 Å². The first kappa shape index (κ1) is 16.6. The van der Waals surface area contributed by atoms with Gasteiger partial charge >= 0.3 is 0 Å². The molecule has 0 bridgehead atoms. The van der Waals surface area contributed by atoms with Gasteiger partial charge in [-0.15, -0.1) is 6.58 Å². The van der Waals surface area contributed by atoms with Crippen molar-refractivity contribution in [1.82, 2.24) is 10.3 Å². The SMILES string of the molecule is C=CCCCCCC(NN)C1CN(CCC)CCO1. The summed E-state index contributed by atoms with van der Waals surface area (Å²) in [5.74, 6) is 5.70. The number of nitrogens with zero attached hydrogens (tertiary/aromatic N) is 1. The number of rotatable bonds is 10. The van der Waals surface area contributed by atoms with Crippen LogP contribution in [0.15, 0.2) is 12.7 Å². The molecular formula is C15H31N3O. The van der Waals surface area contributed by atoms with E-state index in [9.17, 15) is 0 Å². The summed E-state index contributed by atoms with van der Waals surface area (Å²) in [6.45, 7) is 10.0. The molecule has 1 saturated heterocycles. The monoisotopic (exact) mass is 269 g/mol. The molecule has 0 saturated carbocycles. The Morgan fingerprint density at radius 2 is 2.32 bits per heavy atom. The van der Waals surface area contributed by atoms with Gasteiger partial charge in [-0.3, -0.25) is 16.2 Å². The molecule has 1 aliphatic rings. The molecule has 1 aliphatic heterocycles. The van der Waals surface area contributed by atoms with Crippen LogP contribution in [0.25, 0.3) is 0 Å². The molecule has 1 fully saturated rings. The number of unbranched alkanes of at least 4 members (excludes halogenated alkanes) is 3. The minimum absolute atomic E-state index is 0.240. The van der Waals surface area contributed by atoms with Gasteiger partial charge in [-0.25, -0.2) is 0 Å². The number of allylic oxidation sites excluding steroid dienone is 1. The Morgan fingerprint density at radius 1 is 1.47 bits per heavy atom. The molecule has 19 heavy (non-hydrogen) atoms. The van der Waals surface area contributed by atoms with Gasteiger partial charge in [0.1, 0.15) is 0 Å². The number of hydrogen-bond acceptors (Lipinski definition) is 4. The molecule has 4 nitrogen and oxygen atoms in total. The fraction of sp³-hybridized carbons (Fsp3) is 0.867. The summed E-state index contributed by atoms with van der Waals surface area (Å²) in [6.07, 6.45) is 9.33. The molecule has 2 atom stereocenters. The van der Waals surface area contributed by atoms with Crippen molar-refractivity contribution in [2.24, 2.45) is 5.84 Å². The Balaban J connectivity index is 2.26. The molecule has 0 spiro atoms. The second-order valence-corrected chi connectivity index (χ2v) is 5.41. The third-order valence-corrected chi connectivity index (χ3v) is 3.80. The standard InChI is InChI=1S/C15H31N3O/c1-3-5-6-7-8-9-14(17-16)15-13-18(10-4-2)11-12-19-15/h3,14-15,17H,1,4-13,16H2,2H3. The van der Waals surface area contributed by atoms with Crippen LogP contribution in [0.2, 0.25) is 0 Å². The van der Waals surface area contributed by atoms with Gasteiger partial charge in [0.15, 0.2) is 0 Å². The van der Waals surface area contributed by atoms with Crippen molar-refractivity contribution < 1.29 is 4.74 Å². The van der Waals surface area contributed by atoms with E-state index in [1.165, 1.54) is 25.7 Å². The molecule has 1 heterocycles. The average Bonchev–Trinajstić information content (AvgIpc) is 2.43. The van der Waals surface area contributed by atoms with Crippen molar-refractivity contribution in [3.63, 3.8) is 0 Å². The van der Waals surface area contributed by atoms with Gasteiger partial charge in [0, 0.05) is 19.1 Å². The second-order valence-electron chi connectivity index (χ2n) is 5.41. The maximum absolute atomic E-state index is 5.89. The highest BCUT2D eigenvalue weighted by molar-refractivity contribution is 4.81. The molecule has 4 heteroatoms. The number of nitrogens with two attached hydrogens (primary N) is 1. The normalized spacial score (nSPS) is 22.3. The molecule has 2 unspecified atom stereocenters. The largest absolute Gasteiger partial charge is 0.374 e. The van der Waals surface area contributed by atoms with Crippen LogP contribution in [-0.4, -0.2) is 43.3 Å². The maximum atomic E-state index is 5.89. The summed E-state index contributed by atoms with van der Waals surface area (Å²) in [6, 6.07) is 0.281. The smallest absolute Gasteiger partial charge is 0.0868 e. The van der Waals surface area contributed by atoms with Crippen LogP contribution in [0, 0.1) is 0 Å². The summed E-state index contributed by atoms with van der Waals surface area (Å²) in [7, 11) is 0. The highest BCUT2D eigenvalue weighted by Crippen LogP contribution is 2.14. The summed E-state index contributed by atoms with van der Waals surface area (Å²) >= 11 is 0. The fourth-order valence-electron chi connectivity index (χ4n) is 2.70. The summed E-state index contributed by atoms with van der Waals surface area (Å²) < 4.78 is 5.89. The fourth-order valence-corrected chi connectivity index (χ4v) is 2.70. The van der Waals surface area contributed by atoms with Crippen LogP contribution in [0.5, 0.6) is 0 Å². The lowest BCUT2D eigenvalue weighted by atomic mass is 10.0. The highest BCUT2D eigenvalue weighted by Gasteiger charge is 2.26. The average molecular weight is 269 g/mol. The van der Waals surface area contributed by atoms with Crippen LogP contribution in [0.4, 0.5) is 0 Å². The zero-order valence-electron chi connectivity index (χ0n) is 12.4. The minimum atomic E-state index is 0.240. The number of ether oxygens (including phenoxy) is 1. The molecule has 1 rings (SSSR count). The van der Waals surface area contributed by atoms with E-state index in [1.54, 1.807) is 0 Å². The van der Waals surface area contributed by atoms with Crippen LogP contribution < -0.4 is 11.3 Å².